The Balaban J connectivity index is 1.81. The molecule has 0 aliphatic carbocycles. The molecule has 0 saturated carbocycles. The second kappa shape index (κ2) is 5.91. The molecule has 4 rings (SSSR count). The first-order chi connectivity index (χ1) is 11.2. The molecule has 0 bridgehead atoms. The van der Waals surface area contributed by atoms with Gasteiger partial charge in [-0.25, -0.2) is 15.0 Å². The van der Waals surface area contributed by atoms with Gasteiger partial charge < -0.3 is 5.32 Å². The van der Waals surface area contributed by atoms with Crippen LogP contribution in [0.5, 0.6) is 0 Å². The maximum Gasteiger partial charge on any atom is 0.137 e. The third-order valence-corrected chi connectivity index (χ3v) is 4.49. The lowest BCUT2D eigenvalue weighted by atomic mass is 9.98. The monoisotopic (exact) mass is 327 g/mol. The Morgan fingerprint density at radius 1 is 1.30 bits per heavy atom. The van der Waals surface area contributed by atoms with Crippen molar-refractivity contribution >= 4 is 17.2 Å². The highest BCUT2D eigenvalue weighted by molar-refractivity contribution is 6.30. The number of halogens is 1. The smallest absolute Gasteiger partial charge is 0.137 e. The molecule has 0 unspecified atom stereocenters. The zero-order chi connectivity index (χ0) is 15.8. The molecular weight excluding hydrogens is 310 g/mol. The van der Waals surface area contributed by atoms with Gasteiger partial charge in [0.2, 0.25) is 0 Å². The zero-order valence-electron chi connectivity index (χ0n) is 13.0. The summed E-state index contributed by atoms with van der Waals surface area (Å²) in [5.41, 5.74) is 3.68. The molecule has 5 nitrogen and oxygen atoms in total. The van der Waals surface area contributed by atoms with E-state index in [9.17, 15) is 0 Å². The Bertz CT molecular complexity index is 851. The van der Waals surface area contributed by atoms with Gasteiger partial charge in [0, 0.05) is 24.4 Å². The van der Waals surface area contributed by atoms with E-state index in [1.165, 1.54) is 6.42 Å². The first kappa shape index (κ1) is 14.6. The van der Waals surface area contributed by atoms with E-state index in [0.717, 1.165) is 48.1 Å². The summed E-state index contributed by atoms with van der Waals surface area (Å²) < 4.78 is 1.98. The summed E-state index contributed by atoms with van der Waals surface area (Å²) in [6, 6.07) is 5.76. The molecule has 1 fully saturated rings. The van der Waals surface area contributed by atoms with Gasteiger partial charge in [0.25, 0.3) is 0 Å². The first-order valence-corrected chi connectivity index (χ1v) is 8.28. The fourth-order valence-corrected chi connectivity index (χ4v) is 3.28. The Hall–Kier alpha value is -1.98. The lowest BCUT2D eigenvalue weighted by Crippen LogP contribution is -2.29. The third kappa shape index (κ3) is 2.82. The molecular formula is C17H18ClN5. The average Bonchev–Trinajstić information content (AvgIpc) is 2.98. The van der Waals surface area contributed by atoms with E-state index in [1.807, 2.05) is 41.9 Å². The van der Waals surface area contributed by atoms with Crippen molar-refractivity contribution in [3.63, 3.8) is 0 Å². The molecule has 0 aromatic carbocycles. The lowest BCUT2D eigenvalue weighted by molar-refractivity contribution is 0.446. The maximum absolute atomic E-state index is 6.13. The standard InChI is InChI=1S/C17H18ClN5/c1-11-7-14(22-17(21-11)12-3-2-6-19-8-12)15-9-20-16-5-4-13(18)10-23(15)16/h4-5,7,9-10,12,19H,2-3,6,8H2,1H3/t12-/m0/s1. The van der Waals surface area contributed by atoms with E-state index in [4.69, 9.17) is 16.6 Å². The highest BCUT2D eigenvalue weighted by atomic mass is 35.5. The molecule has 1 saturated heterocycles. The van der Waals surface area contributed by atoms with Crippen molar-refractivity contribution in [3.8, 4) is 11.4 Å². The van der Waals surface area contributed by atoms with E-state index < -0.39 is 0 Å². The molecule has 6 heteroatoms. The van der Waals surface area contributed by atoms with Crippen molar-refractivity contribution in [2.75, 3.05) is 13.1 Å². The van der Waals surface area contributed by atoms with E-state index in [2.05, 4.69) is 15.3 Å². The van der Waals surface area contributed by atoms with E-state index in [1.54, 1.807) is 0 Å². The van der Waals surface area contributed by atoms with E-state index in [-0.39, 0.29) is 0 Å². The largest absolute Gasteiger partial charge is 0.316 e. The summed E-state index contributed by atoms with van der Waals surface area (Å²) in [6.45, 7) is 4.05. The number of hydrogen-bond donors (Lipinski definition) is 1. The van der Waals surface area contributed by atoms with Crippen molar-refractivity contribution < 1.29 is 0 Å². The number of imidazole rings is 1. The van der Waals surface area contributed by atoms with Gasteiger partial charge in [0.15, 0.2) is 0 Å². The fourth-order valence-electron chi connectivity index (χ4n) is 3.12. The second-order valence-electron chi connectivity index (χ2n) is 6.01. The number of rotatable bonds is 2. The van der Waals surface area contributed by atoms with Crippen LogP contribution in [0.2, 0.25) is 5.02 Å². The van der Waals surface area contributed by atoms with Crippen LogP contribution >= 0.6 is 11.6 Å². The highest BCUT2D eigenvalue weighted by Gasteiger charge is 2.19. The van der Waals surface area contributed by atoms with Crippen LogP contribution in [0.4, 0.5) is 0 Å². The summed E-state index contributed by atoms with van der Waals surface area (Å²) in [6.07, 6.45) is 6.02. The fraction of sp³-hybridized carbons (Fsp3) is 0.353. The molecule has 3 aromatic heterocycles. The Morgan fingerprint density at radius 2 is 2.22 bits per heavy atom. The van der Waals surface area contributed by atoms with Crippen molar-refractivity contribution in [3.05, 3.63) is 47.1 Å². The summed E-state index contributed by atoms with van der Waals surface area (Å²) in [5.74, 6) is 1.30. The molecule has 0 amide bonds. The van der Waals surface area contributed by atoms with Crippen LogP contribution in [-0.4, -0.2) is 32.4 Å². The average molecular weight is 328 g/mol. The van der Waals surface area contributed by atoms with Crippen LogP contribution in [0.25, 0.3) is 17.0 Å². The number of aromatic nitrogens is 4. The van der Waals surface area contributed by atoms with Crippen LogP contribution in [0.15, 0.2) is 30.6 Å². The third-order valence-electron chi connectivity index (χ3n) is 4.27. The highest BCUT2D eigenvalue weighted by Crippen LogP contribution is 2.25. The minimum absolute atomic E-state index is 0.380. The SMILES string of the molecule is Cc1cc(-c2cnc3ccc(Cl)cn23)nc([C@H]2CCCNC2)n1. The molecule has 1 N–H and O–H groups in total. The van der Waals surface area contributed by atoms with Gasteiger partial charge >= 0.3 is 0 Å². The number of aryl methyl sites for hydroxylation is 1. The maximum atomic E-state index is 6.13. The van der Waals surface area contributed by atoms with Gasteiger partial charge in [-0.2, -0.15) is 0 Å². The summed E-state index contributed by atoms with van der Waals surface area (Å²) >= 11 is 6.13. The van der Waals surface area contributed by atoms with Crippen molar-refractivity contribution in [1.29, 1.82) is 0 Å². The Labute approximate surface area is 139 Å². The molecule has 118 valence electrons. The molecule has 3 aromatic rings. The molecule has 0 spiro atoms. The molecule has 1 atom stereocenters. The Morgan fingerprint density at radius 3 is 3.04 bits per heavy atom. The number of piperidine rings is 1. The Kier molecular flexibility index (Phi) is 3.75. The molecule has 23 heavy (non-hydrogen) atoms. The molecule has 0 radical (unpaired) electrons. The van der Waals surface area contributed by atoms with Crippen LogP contribution < -0.4 is 5.32 Å². The predicted octanol–water partition coefficient (Wildman–Crippen LogP) is 3.22. The van der Waals surface area contributed by atoms with Crippen LogP contribution in [0.3, 0.4) is 0 Å². The van der Waals surface area contributed by atoms with Gasteiger partial charge in [-0.3, -0.25) is 4.40 Å². The molecule has 1 aliphatic rings. The number of nitrogens with one attached hydrogen (secondary N) is 1. The first-order valence-electron chi connectivity index (χ1n) is 7.90. The number of fused-ring (bicyclic) bond motifs is 1. The van der Waals surface area contributed by atoms with Crippen molar-refractivity contribution in [2.24, 2.45) is 0 Å². The summed E-state index contributed by atoms with van der Waals surface area (Å²) in [4.78, 5) is 13.9. The van der Waals surface area contributed by atoms with Crippen LogP contribution in [0.1, 0.15) is 30.3 Å². The zero-order valence-corrected chi connectivity index (χ0v) is 13.7. The number of nitrogens with zero attached hydrogens (tertiary/aromatic N) is 4. The predicted molar refractivity (Wildman–Crippen MR) is 90.8 cm³/mol. The van der Waals surface area contributed by atoms with Gasteiger partial charge in [-0.15, -0.1) is 0 Å². The minimum Gasteiger partial charge on any atom is -0.316 e. The van der Waals surface area contributed by atoms with Gasteiger partial charge in [0.1, 0.15) is 11.5 Å². The van der Waals surface area contributed by atoms with Gasteiger partial charge in [0.05, 0.1) is 22.6 Å². The number of hydrogen-bond acceptors (Lipinski definition) is 4. The lowest BCUT2D eigenvalue weighted by Gasteiger charge is -2.22. The van der Waals surface area contributed by atoms with E-state index in [0.29, 0.717) is 10.9 Å². The van der Waals surface area contributed by atoms with Gasteiger partial charge in [-0.05, 0) is 44.5 Å². The van der Waals surface area contributed by atoms with Crippen molar-refractivity contribution in [2.45, 2.75) is 25.7 Å². The summed E-state index contributed by atoms with van der Waals surface area (Å²) in [7, 11) is 0. The van der Waals surface area contributed by atoms with Crippen LogP contribution in [0, 0.1) is 6.92 Å². The normalized spacial score (nSPS) is 18.4. The topological polar surface area (TPSA) is 55.1 Å². The number of pyridine rings is 1. The quantitative estimate of drug-likeness (QED) is 0.785. The molecule has 4 heterocycles. The van der Waals surface area contributed by atoms with E-state index >= 15 is 0 Å². The van der Waals surface area contributed by atoms with Crippen LogP contribution in [-0.2, 0) is 0 Å². The van der Waals surface area contributed by atoms with Crippen molar-refractivity contribution in [1.82, 2.24) is 24.7 Å². The summed E-state index contributed by atoms with van der Waals surface area (Å²) in [5, 5.41) is 4.11. The molecule has 1 aliphatic heterocycles. The second-order valence-corrected chi connectivity index (χ2v) is 6.45. The van der Waals surface area contributed by atoms with Gasteiger partial charge in [-0.1, -0.05) is 11.6 Å². The minimum atomic E-state index is 0.380.